The molecular formula is C13H11ClFN3O2. The quantitative estimate of drug-likeness (QED) is 0.835. The molecule has 1 aliphatic rings. The van der Waals surface area contributed by atoms with Gasteiger partial charge >= 0.3 is 5.97 Å². The Labute approximate surface area is 119 Å². The maximum absolute atomic E-state index is 13.4. The molecule has 0 aromatic carbocycles. The Balaban J connectivity index is 2.03. The van der Waals surface area contributed by atoms with Crippen LogP contribution in [0.2, 0.25) is 5.28 Å². The molecule has 5 nitrogen and oxygen atoms in total. The Kier molecular flexibility index (Phi) is 4.47. The lowest BCUT2D eigenvalue weighted by atomic mass is 10.0. The van der Waals surface area contributed by atoms with Gasteiger partial charge in [0.15, 0.2) is 11.6 Å². The zero-order valence-corrected chi connectivity index (χ0v) is 11.1. The van der Waals surface area contributed by atoms with Crippen molar-refractivity contribution in [3.8, 4) is 0 Å². The van der Waals surface area contributed by atoms with Gasteiger partial charge in [-0.1, -0.05) is 18.2 Å². The monoisotopic (exact) mass is 295 g/mol. The van der Waals surface area contributed by atoms with Gasteiger partial charge in [-0.05, 0) is 29.7 Å². The van der Waals surface area contributed by atoms with Crippen molar-refractivity contribution in [1.29, 1.82) is 0 Å². The number of halogens is 2. The fourth-order valence-electron chi connectivity index (χ4n) is 1.59. The first-order valence-electron chi connectivity index (χ1n) is 5.79. The molecule has 7 heteroatoms. The van der Waals surface area contributed by atoms with E-state index >= 15 is 0 Å². The van der Waals surface area contributed by atoms with Crippen LogP contribution in [0.3, 0.4) is 0 Å². The topological polar surface area (TPSA) is 75.1 Å². The number of carboxylic acid groups (broad SMARTS) is 1. The van der Waals surface area contributed by atoms with Crippen LogP contribution in [-0.4, -0.2) is 21.0 Å². The van der Waals surface area contributed by atoms with Crippen LogP contribution in [0.25, 0.3) is 0 Å². The predicted molar refractivity (Wildman–Crippen MR) is 72.8 cm³/mol. The summed E-state index contributed by atoms with van der Waals surface area (Å²) in [6.07, 6.45) is 8.46. The molecule has 0 saturated heterocycles. The van der Waals surface area contributed by atoms with E-state index in [0.29, 0.717) is 12.1 Å². The predicted octanol–water partition coefficient (Wildman–Crippen LogP) is 2.93. The van der Waals surface area contributed by atoms with Crippen molar-refractivity contribution in [2.75, 3.05) is 5.32 Å². The molecule has 0 saturated carbocycles. The fourth-order valence-corrected chi connectivity index (χ4v) is 1.73. The van der Waals surface area contributed by atoms with Crippen molar-refractivity contribution < 1.29 is 14.3 Å². The van der Waals surface area contributed by atoms with E-state index in [4.69, 9.17) is 16.7 Å². The van der Waals surface area contributed by atoms with Gasteiger partial charge in [-0.2, -0.15) is 4.98 Å². The van der Waals surface area contributed by atoms with Crippen molar-refractivity contribution in [2.45, 2.75) is 12.8 Å². The number of allylic oxidation sites excluding steroid dienone is 4. The third kappa shape index (κ3) is 3.89. The highest BCUT2D eigenvalue weighted by Crippen LogP contribution is 2.19. The van der Waals surface area contributed by atoms with Gasteiger partial charge < -0.3 is 10.4 Å². The second kappa shape index (κ2) is 6.29. The summed E-state index contributed by atoms with van der Waals surface area (Å²) in [6.45, 7) is 0. The summed E-state index contributed by atoms with van der Waals surface area (Å²) < 4.78 is 13.4. The Morgan fingerprint density at radius 1 is 1.55 bits per heavy atom. The van der Waals surface area contributed by atoms with Gasteiger partial charge in [-0.25, -0.2) is 9.37 Å². The minimum absolute atomic E-state index is 0.00105. The summed E-state index contributed by atoms with van der Waals surface area (Å²) in [5.41, 5.74) is 1.55. The van der Waals surface area contributed by atoms with Crippen molar-refractivity contribution in [3.63, 3.8) is 0 Å². The highest BCUT2D eigenvalue weighted by atomic mass is 35.5. The van der Waals surface area contributed by atoms with Gasteiger partial charge in [0.1, 0.15) is 0 Å². The molecule has 0 radical (unpaired) electrons. The molecule has 0 atom stereocenters. The Morgan fingerprint density at radius 2 is 2.35 bits per heavy atom. The number of nitrogens with zero attached hydrogens (tertiary/aromatic N) is 2. The highest BCUT2D eigenvalue weighted by molar-refractivity contribution is 6.28. The molecule has 1 aromatic rings. The summed E-state index contributed by atoms with van der Waals surface area (Å²) in [6, 6.07) is 0. The first-order chi connectivity index (χ1) is 9.54. The van der Waals surface area contributed by atoms with E-state index in [0.717, 1.165) is 11.8 Å². The number of carbonyl (C=O) groups is 1. The molecule has 0 bridgehead atoms. The average molecular weight is 296 g/mol. The second-order valence-corrected chi connectivity index (χ2v) is 4.37. The number of rotatable bonds is 4. The first kappa shape index (κ1) is 14.2. The fraction of sp³-hybridized carbons (Fsp3) is 0.154. The van der Waals surface area contributed by atoms with E-state index in [-0.39, 0.29) is 17.5 Å². The average Bonchev–Trinajstić information content (AvgIpc) is 2.42. The Morgan fingerprint density at radius 3 is 3.00 bits per heavy atom. The van der Waals surface area contributed by atoms with Gasteiger partial charge in [0.2, 0.25) is 5.28 Å². The molecule has 2 N–H and O–H groups in total. The van der Waals surface area contributed by atoms with Gasteiger partial charge in [0.25, 0.3) is 0 Å². The summed E-state index contributed by atoms with van der Waals surface area (Å²) >= 11 is 5.60. The Hall–Kier alpha value is -2.21. The van der Waals surface area contributed by atoms with E-state index in [1.54, 1.807) is 18.2 Å². The maximum Gasteiger partial charge on any atom is 0.307 e. The zero-order chi connectivity index (χ0) is 14.5. The molecule has 0 spiro atoms. The highest BCUT2D eigenvalue weighted by Gasteiger charge is 2.08. The normalized spacial score (nSPS) is 16.1. The summed E-state index contributed by atoms with van der Waals surface area (Å²) in [7, 11) is 0. The minimum atomic E-state index is -0.878. The smallest absolute Gasteiger partial charge is 0.307 e. The molecule has 0 amide bonds. The van der Waals surface area contributed by atoms with Crippen LogP contribution in [0.5, 0.6) is 0 Å². The van der Waals surface area contributed by atoms with E-state index in [9.17, 15) is 9.18 Å². The molecule has 2 rings (SSSR count). The van der Waals surface area contributed by atoms with Crippen LogP contribution >= 0.6 is 11.6 Å². The van der Waals surface area contributed by atoms with Crippen LogP contribution in [0.15, 0.2) is 41.8 Å². The number of nitrogens with one attached hydrogen (secondary N) is 1. The van der Waals surface area contributed by atoms with Gasteiger partial charge in [0, 0.05) is 5.70 Å². The minimum Gasteiger partial charge on any atom is -0.481 e. The molecule has 1 heterocycles. The van der Waals surface area contributed by atoms with Crippen molar-refractivity contribution in [3.05, 3.63) is 52.9 Å². The molecule has 0 aliphatic heterocycles. The Bertz CT molecular complexity index is 626. The lowest BCUT2D eigenvalue weighted by molar-refractivity contribution is -0.136. The van der Waals surface area contributed by atoms with Crippen LogP contribution in [0, 0.1) is 5.82 Å². The van der Waals surface area contributed by atoms with Crippen molar-refractivity contribution in [1.82, 2.24) is 9.97 Å². The summed E-state index contributed by atoms with van der Waals surface area (Å²) in [4.78, 5) is 17.7. The van der Waals surface area contributed by atoms with E-state index in [2.05, 4.69) is 15.3 Å². The van der Waals surface area contributed by atoms with E-state index in [1.165, 1.54) is 0 Å². The van der Waals surface area contributed by atoms with Crippen LogP contribution in [0.4, 0.5) is 10.2 Å². The third-order valence-electron chi connectivity index (χ3n) is 2.55. The molecular weight excluding hydrogens is 285 g/mol. The lowest BCUT2D eigenvalue weighted by Crippen LogP contribution is -2.05. The number of aromatic nitrogens is 2. The molecule has 20 heavy (non-hydrogen) atoms. The molecule has 0 unspecified atom stereocenters. The second-order valence-electron chi connectivity index (χ2n) is 4.03. The standard InChI is InChI=1S/C13H11ClFN3O2/c14-13-16-7-10(15)12(18-13)17-9-4-1-8(2-5-9)3-6-11(19)20/h1,3-5,7H,2,6H2,(H,19,20)(H,16,17,18). The third-order valence-corrected chi connectivity index (χ3v) is 2.73. The molecule has 0 fully saturated rings. The zero-order valence-electron chi connectivity index (χ0n) is 10.3. The number of hydrogen-bond donors (Lipinski definition) is 2. The molecule has 104 valence electrons. The molecule has 1 aliphatic carbocycles. The van der Waals surface area contributed by atoms with Crippen LogP contribution in [0.1, 0.15) is 12.8 Å². The van der Waals surface area contributed by atoms with Crippen molar-refractivity contribution >= 4 is 23.4 Å². The number of anilines is 1. The summed E-state index contributed by atoms with van der Waals surface area (Å²) in [5.74, 6) is -1.48. The number of aliphatic carboxylic acids is 1. The number of hydrogen-bond acceptors (Lipinski definition) is 4. The van der Waals surface area contributed by atoms with Crippen LogP contribution < -0.4 is 5.32 Å². The molecule has 1 aromatic heterocycles. The number of carboxylic acids is 1. The largest absolute Gasteiger partial charge is 0.481 e. The summed E-state index contributed by atoms with van der Waals surface area (Å²) in [5, 5.41) is 11.3. The SMILES string of the molecule is O=C(O)CC=C1C=CC(Nc2nc(Cl)ncc2F)=CC1. The van der Waals surface area contributed by atoms with Crippen molar-refractivity contribution in [2.24, 2.45) is 0 Å². The lowest BCUT2D eigenvalue weighted by Gasteiger charge is -2.11. The van der Waals surface area contributed by atoms with Gasteiger partial charge in [-0.15, -0.1) is 0 Å². The van der Waals surface area contributed by atoms with E-state index in [1.807, 2.05) is 6.08 Å². The van der Waals surface area contributed by atoms with Gasteiger partial charge in [0.05, 0.1) is 12.6 Å². The maximum atomic E-state index is 13.4. The van der Waals surface area contributed by atoms with E-state index < -0.39 is 11.8 Å². The first-order valence-corrected chi connectivity index (χ1v) is 6.16. The van der Waals surface area contributed by atoms with Gasteiger partial charge in [-0.3, -0.25) is 4.79 Å². The van der Waals surface area contributed by atoms with Crippen LogP contribution in [-0.2, 0) is 4.79 Å².